The van der Waals surface area contributed by atoms with Gasteiger partial charge in [0.15, 0.2) is 30.0 Å². The number of phenols is 1. The minimum Gasteiger partial charge on any atom is -0.508 e. The first-order chi connectivity index (χ1) is 21.8. The van der Waals surface area contributed by atoms with E-state index in [9.17, 15) is 29.1 Å². The van der Waals surface area contributed by atoms with Crippen LogP contribution in [0.15, 0.2) is 53.6 Å². The summed E-state index contributed by atoms with van der Waals surface area (Å²) in [7, 11) is 1.50. The normalized spacial score (nSPS) is 24.0. The topological polar surface area (TPSA) is 180 Å². The second-order valence-electron chi connectivity index (χ2n) is 10.5. The highest BCUT2D eigenvalue weighted by atomic mass is 16.7. The van der Waals surface area contributed by atoms with Crippen LogP contribution in [0.5, 0.6) is 11.5 Å². The third kappa shape index (κ3) is 7.54. The molecule has 2 aromatic rings. The summed E-state index contributed by atoms with van der Waals surface area (Å²) in [5.41, 5.74) is 1.01. The fourth-order valence-electron chi connectivity index (χ4n) is 5.32. The van der Waals surface area contributed by atoms with Crippen LogP contribution in [-0.4, -0.2) is 89.9 Å². The van der Waals surface area contributed by atoms with Gasteiger partial charge in [-0.2, -0.15) is 0 Å². The van der Waals surface area contributed by atoms with Gasteiger partial charge in [0, 0.05) is 34.6 Å². The summed E-state index contributed by atoms with van der Waals surface area (Å²) >= 11 is 0. The van der Waals surface area contributed by atoms with E-state index < -0.39 is 73.1 Å². The molecule has 0 radical (unpaired) electrons. The molecule has 1 fully saturated rings. The maximum atomic E-state index is 13.3. The maximum Gasteiger partial charge on any atom is 0.305 e. The number of ketones is 1. The lowest BCUT2D eigenvalue weighted by Crippen LogP contribution is -2.68. The molecule has 2 heterocycles. The van der Waals surface area contributed by atoms with E-state index in [1.54, 1.807) is 36.4 Å². The highest BCUT2D eigenvalue weighted by molar-refractivity contribution is 6.38. The molecule has 15 nitrogen and oxygen atoms in total. The Hall–Kier alpha value is -5.18. The van der Waals surface area contributed by atoms with Crippen molar-refractivity contribution < 1.29 is 57.5 Å². The number of anilines is 1. The predicted molar refractivity (Wildman–Crippen MR) is 158 cm³/mol. The molecule has 0 bridgehead atoms. The van der Waals surface area contributed by atoms with Crippen molar-refractivity contribution in [2.45, 2.75) is 71.4 Å². The zero-order valence-electron chi connectivity index (χ0n) is 26.1. The van der Waals surface area contributed by atoms with Gasteiger partial charge >= 0.3 is 23.9 Å². The SMILES string of the molecule is COc1ccc(C2N(c3ccc(O)cc3)N=C(C(C)=O)N2[C@@H]2[C@@H](OC(C)=O)O[C@@H](COC(C)=O)[C@H](OC(C)=O)[C@H]2OC(C)=O)cc1. The molecule has 2 aliphatic heterocycles. The lowest BCUT2D eigenvalue weighted by Gasteiger charge is -2.49. The highest BCUT2D eigenvalue weighted by Crippen LogP contribution is 2.42. The van der Waals surface area contributed by atoms with Crippen LogP contribution in [0, 0.1) is 0 Å². The van der Waals surface area contributed by atoms with Gasteiger partial charge < -0.3 is 38.4 Å². The van der Waals surface area contributed by atoms with E-state index in [1.807, 2.05) is 0 Å². The minimum absolute atomic E-state index is 0.00913. The van der Waals surface area contributed by atoms with Gasteiger partial charge in [-0.3, -0.25) is 24.0 Å². The number of hydrazone groups is 1. The fourth-order valence-corrected chi connectivity index (χ4v) is 5.32. The largest absolute Gasteiger partial charge is 0.508 e. The quantitative estimate of drug-likeness (QED) is 0.295. The first-order valence-electron chi connectivity index (χ1n) is 14.2. The van der Waals surface area contributed by atoms with Gasteiger partial charge in [-0.1, -0.05) is 12.1 Å². The molecule has 46 heavy (non-hydrogen) atoms. The molecule has 246 valence electrons. The van der Waals surface area contributed by atoms with Gasteiger partial charge in [0.1, 0.15) is 30.3 Å². The van der Waals surface area contributed by atoms with E-state index >= 15 is 0 Å². The molecule has 4 rings (SSSR count). The number of phenolic OH excluding ortho intramolecular Hbond substituents is 1. The number of hydrogen-bond donors (Lipinski definition) is 1. The van der Waals surface area contributed by atoms with E-state index in [0.717, 1.165) is 27.7 Å². The first-order valence-corrected chi connectivity index (χ1v) is 14.2. The summed E-state index contributed by atoms with van der Waals surface area (Å²) in [5, 5.41) is 16.1. The molecule has 0 amide bonds. The number of nitrogens with zero attached hydrogens (tertiary/aromatic N) is 3. The number of carbonyl (C=O) groups is 5. The average molecular weight is 642 g/mol. The molecule has 1 saturated heterocycles. The number of hydrogen-bond acceptors (Lipinski definition) is 15. The van der Waals surface area contributed by atoms with Gasteiger partial charge in [-0.25, -0.2) is 5.01 Å². The van der Waals surface area contributed by atoms with Crippen molar-refractivity contribution >= 4 is 41.2 Å². The molecular formula is C31H35N3O12. The summed E-state index contributed by atoms with van der Waals surface area (Å²) in [4.78, 5) is 63.9. The summed E-state index contributed by atoms with van der Waals surface area (Å²) in [5.74, 6) is -3.16. The summed E-state index contributed by atoms with van der Waals surface area (Å²) < 4.78 is 33.6. The zero-order chi connectivity index (χ0) is 33.7. The van der Waals surface area contributed by atoms with Gasteiger partial charge in [0.2, 0.25) is 6.29 Å². The second kappa shape index (κ2) is 14.3. The van der Waals surface area contributed by atoms with E-state index in [4.69, 9.17) is 28.4 Å². The number of carbonyl (C=O) groups excluding carboxylic acids is 5. The van der Waals surface area contributed by atoms with Crippen LogP contribution >= 0.6 is 0 Å². The van der Waals surface area contributed by atoms with E-state index in [2.05, 4.69) is 5.10 Å². The number of Topliss-reactive ketones (excluding diaryl/α,β-unsaturated/α-hetero) is 1. The number of amidine groups is 1. The molecule has 1 N–H and O–H groups in total. The van der Waals surface area contributed by atoms with Crippen LogP contribution in [0.4, 0.5) is 5.69 Å². The van der Waals surface area contributed by atoms with Crippen molar-refractivity contribution in [3.63, 3.8) is 0 Å². The Morgan fingerprint density at radius 3 is 1.91 bits per heavy atom. The predicted octanol–water partition coefficient (Wildman–Crippen LogP) is 2.21. The second-order valence-corrected chi connectivity index (χ2v) is 10.5. The molecule has 2 aliphatic rings. The molecular weight excluding hydrogens is 606 g/mol. The standard InChI is InChI=1S/C31H35N3O12/c1-16(35)29-32-34(22-9-11-23(40)12-10-22)30(21-7-13-24(41-6)14-8-21)33(29)26-28(44-19(4)38)27(43-18(3)37)25(15-42-17(2)36)46-31(26)45-20(5)39/h7-14,25-28,30-31,40H,15H2,1-6H3/t25-,26-,27-,28-,30?,31-/m0/s1. The monoisotopic (exact) mass is 641 g/mol. The van der Waals surface area contributed by atoms with Crippen molar-refractivity contribution in [2.75, 3.05) is 18.7 Å². The maximum absolute atomic E-state index is 13.3. The average Bonchev–Trinajstić information content (AvgIpc) is 3.37. The van der Waals surface area contributed by atoms with Crippen LogP contribution in [-0.2, 0) is 47.7 Å². The minimum atomic E-state index is -1.57. The number of benzene rings is 2. The highest BCUT2D eigenvalue weighted by Gasteiger charge is 2.58. The molecule has 0 aliphatic carbocycles. The number of methoxy groups -OCH3 is 1. The van der Waals surface area contributed by atoms with Crippen molar-refractivity contribution in [1.82, 2.24) is 4.90 Å². The molecule has 2 aromatic carbocycles. The molecule has 1 unspecified atom stereocenters. The Labute approximate surface area is 264 Å². The van der Waals surface area contributed by atoms with Gasteiger partial charge in [0.25, 0.3) is 0 Å². The van der Waals surface area contributed by atoms with E-state index in [-0.39, 0.29) is 11.6 Å². The van der Waals surface area contributed by atoms with Crippen LogP contribution in [0.3, 0.4) is 0 Å². The van der Waals surface area contributed by atoms with Crippen LogP contribution in [0.25, 0.3) is 0 Å². The first kappa shape index (κ1) is 33.7. The number of ether oxygens (including phenoxy) is 6. The fraction of sp³-hybridized carbons (Fsp3) is 0.419. The third-order valence-corrected chi connectivity index (χ3v) is 7.06. The van der Waals surface area contributed by atoms with Crippen molar-refractivity contribution in [3.8, 4) is 11.5 Å². The molecule has 0 spiro atoms. The Balaban J connectivity index is 1.97. The van der Waals surface area contributed by atoms with Gasteiger partial charge in [0.05, 0.1) is 12.8 Å². The van der Waals surface area contributed by atoms with Gasteiger partial charge in [-0.05, 0) is 42.0 Å². The van der Waals surface area contributed by atoms with Crippen molar-refractivity contribution in [3.05, 3.63) is 54.1 Å². The molecule has 6 atom stereocenters. The summed E-state index contributed by atoms with van der Waals surface area (Å²) in [6, 6.07) is 11.5. The smallest absolute Gasteiger partial charge is 0.305 e. The Morgan fingerprint density at radius 1 is 0.804 bits per heavy atom. The number of rotatable bonds is 10. The molecule has 15 heteroatoms. The van der Waals surface area contributed by atoms with Crippen molar-refractivity contribution in [2.24, 2.45) is 5.10 Å². The molecule has 0 aromatic heterocycles. The Kier molecular flexibility index (Phi) is 10.5. The molecule has 0 saturated carbocycles. The van der Waals surface area contributed by atoms with Crippen LogP contribution in [0.1, 0.15) is 46.3 Å². The lowest BCUT2D eigenvalue weighted by molar-refractivity contribution is -0.282. The Bertz CT molecular complexity index is 1490. The lowest BCUT2D eigenvalue weighted by atomic mass is 9.93. The Morgan fingerprint density at radius 2 is 1.39 bits per heavy atom. The number of aromatic hydroxyl groups is 1. The van der Waals surface area contributed by atoms with E-state index in [0.29, 0.717) is 17.0 Å². The summed E-state index contributed by atoms with van der Waals surface area (Å²) in [6.45, 7) is 5.38. The van der Waals surface area contributed by atoms with Gasteiger partial charge in [-0.15, -0.1) is 5.10 Å². The zero-order valence-corrected chi connectivity index (χ0v) is 26.1. The van der Waals surface area contributed by atoms with Crippen molar-refractivity contribution in [1.29, 1.82) is 0 Å². The summed E-state index contributed by atoms with van der Waals surface area (Å²) in [6.07, 6.45) is -6.66. The third-order valence-electron chi connectivity index (χ3n) is 7.06. The number of esters is 4. The van der Waals surface area contributed by atoms with Crippen LogP contribution < -0.4 is 9.75 Å². The van der Waals surface area contributed by atoms with Crippen LogP contribution in [0.2, 0.25) is 0 Å². The van der Waals surface area contributed by atoms with E-state index in [1.165, 1.54) is 36.1 Å².